The van der Waals surface area contributed by atoms with Gasteiger partial charge in [-0.2, -0.15) is 0 Å². The van der Waals surface area contributed by atoms with Crippen LogP contribution in [0.4, 0.5) is 0 Å². The molecule has 27 heavy (non-hydrogen) atoms. The Balaban J connectivity index is 1.45. The van der Waals surface area contributed by atoms with Gasteiger partial charge in [0.15, 0.2) is 0 Å². The summed E-state index contributed by atoms with van der Waals surface area (Å²) in [6.45, 7) is 4.92. The number of benzene rings is 1. The van der Waals surface area contributed by atoms with Gasteiger partial charge in [-0.1, -0.05) is 32.0 Å². The molecule has 1 saturated heterocycles. The summed E-state index contributed by atoms with van der Waals surface area (Å²) in [4.78, 5) is 41.4. The van der Waals surface area contributed by atoms with Gasteiger partial charge in [-0.15, -0.1) is 0 Å². The number of aromatic nitrogens is 1. The van der Waals surface area contributed by atoms with Crippen LogP contribution in [-0.2, 0) is 20.8 Å². The van der Waals surface area contributed by atoms with E-state index in [2.05, 4.69) is 15.8 Å². The number of nitrogens with one attached hydrogen (secondary N) is 3. The highest BCUT2D eigenvalue weighted by atomic mass is 16.2. The Morgan fingerprint density at radius 3 is 2.56 bits per heavy atom. The molecule has 2 heterocycles. The van der Waals surface area contributed by atoms with Crippen LogP contribution in [0, 0.1) is 11.8 Å². The van der Waals surface area contributed by atoms with E-state index in [0.29, 0.717) is 25.9 Å². The number of likely N-dealkylation sites (tertiary alicyclic amines) is 1. The molecule has 3 N–H and O–H groups in total. The van der Waals surface area contributed by atoms with Gasteiger partial charge in [0.2, 0.25) is 17.7 Å². The van der Waals surface area contributed by atoms with Crippen molar-refractivity contribution in [2.24, 2.45) is 11.8 Å². The van der Waals surface area contributed by atoms with Gasteiger partial charge in [-0.25, -0.2) is 0 Å². The molecule has 1 fully saturated rings. The molecule has 0 atom stereocenters. The smallest absolute Gasteiger partial charge is 0.242 e. The van der Waals surface area contributed by atoms with E-state index in [9.17, 15) is 14.4 Å². The first-order valence-corrected chi connectivity index (χ1v) is 9.38. The molecule has 7 nitrogen and oxygen atoms in total. The SMILES string of the molecule is CC(C)C(=O)N1CCC(C(=O)NNC(=O)Cc2c[nH]c3ccccc23)CC1. The van der Waals surface area contributed by atoms with E-state index in [-0.39, 0.29) is 36.0 Å². The van der Waals surface area contributed by atoms with Crippen LogP contribution in [0.3, 0.4) is 0 Å². The highest BCUT2D eigenvalue weighted by Gasteiger charge is 2.28. The predicted molar refractivity (Wildman–Crippen MR) is 102 cm³/mol. The molecular formula is C20H26N4O3. The molecule has 0 aliphatic carbocycles. The molecule has 0 saturated carbocycles. The fourth-order valence-corrected chi connectivity index (χ4v) is 3.46. The maximum atomic E-state index is 12.3. The molecule has 1 aliphatic rings. The minimum Gasteiger partial charge on any atom is -0.361 e. The lowest BCUT2D eigenvalue weighted by Gasteiger charge is -2.32. The molecule has 0 spiro atoms. The number of carbonyl (C=O) groups is 3. The topological polar surface area (TPSA) is 94.3 Å². The number of hydrazine groups is 1. The Hall–Kier alpha value is -2.83. The third kappa shape index (κ3) is 4.48. The lowest BCUT2D eigenvalue weighted by atomic mass is 9.95. The number of para-hydroxylation sites is 1. The van der Waals surface area contributed by atoms with Crippen molar-refractivity contribution in [1.82, 2.24) is 20.7 Å². The monoisotopic (exact) mass is 370 g/mol. The van der Waals surface area contributed by atoms with Gasteiger partial charge in [-0.3, -0.25) is 25.2 Å². The number of carbonyl (C=O) groups excluding carboxylic acids is 3. The Labute approximate surface area is 158 Å². The summed E-state index contributed by atoms with van der Waals surface area (Å²) in [5.74, 6) is -0.547. The van der Waals surface area contributed by atoms with Crippen LogP contribution in [0.25, 0.3) is 10.9 Å². The lowest BCUT2D eigenvalue weighted by molar-refractivity contribution is -0.138. The summed E-state index contributed by atoms with van der Waals surface area (Å²) in [7, 11) is 0. The first kappa shape index (κ1) is 18.9. The number of hydrogen-bond acceptors (Lipinski definition) is 3. The van der Waals surface area contributed by atoms with Gasteiger partial charge in [0.05, 0.1) is 6.42 Å². The first-order chi connectivity index (χ1) is 13.0. The average molecular weight is 370 g/mol. The second-order valence-corrected chi connectivity index (χ2v) is 7.33. The minimum absolute atomic E-state index is 0.0285. The zero-order valence-electron chi connectivity index (χ0n) is 15.7. The normalized spacial score (nSPS) is 15.1. The Morgan fingerprint density at radius 2 is 1.85 bits per heavy atom. The third-order valence-electron chi connectivity index (χ3n) is 5.02. The number of amides is 3. The summed E-state index contributed by atoms with van der Waals surface area (Å²) in [5.41, 5.74) is 6.89. The van der Waals surface area contributed by atoms with Crippen molar-refractivity contribution in [3.8, 4) is 0 Å². The lowest BCUT2D eigenvalue weighted by Crippen LogP contribution is -2.49. The molecule has 0 bridgehead atoms. The first-order valence-electron chi connectivity index (χ1n) is 9.38. The van der Waals surface area contributed by atoms with Gasteiger partial charge in [-0.05, 0) is 24.5 Å². The van der Waals surface area contributed by atoms with E-state index in [0.717, 1.165) is 16.5 Å². The molecule has 7 heteroatoms. The van der Waals surface area contributed by atoms with Crippen molar-refractivity contribution in [3.05, 3.63) is 36.0 Å². The van der Waals surface area contributed by atoms with Crippen LogP contribution in [0.15, 0.2) is 30.5 Å². The van der Waals surface area contributed by atoms with Crippen molar-refractivity contribution in [3.63, 3.8) is 0 Å². The molecule has 2 aromatic rings. The van der Waals surface area contributed by atoms with Crippen molar-refractivity contribution in [2.45, 2.75) is 33.1 Å². The van der Waals surface area contributed by atoms with Crippen LogP contribution in [0.2, 0.25) is 0 Å². The van der Waals surface area contributed by atoms with Gasteiger partial charge in [0, 0.05) is 42.0 Å². The van der Waals surface area contributed by atoms with Crippen molar-refractivity contribution in [2.75, 3.05) is 13.1 Å². The Kier molecular flexibility index (Phi) is 5.78. The van der Waals surface area contributed by atoms with E-state index < -0.39 is 0 Å². The number of piperidine rings is 1. The van der Waals surface area contributed by atoms with Gasteiger partial charge >= 0.3 is 0 Å². The van der Waals surface area contributed by atoms with Gasteiger partial charge in [0.1, 0.15) is 0 Å². The number of hydrogen-bond donors (Lipinski definition) is 3. The summed E-state index contributed by atoms with van der Waals surface area (Å²) < 4.78 is 0. The maximum absolute atomic E-state index is 12.3. The summed E-state index contributed by atoms with van der Waals surface area (Å²) >= 11 is 0. The largest absolute Gasteiger partial charge is 0.361 e. The fourth-order valence-electron chi connectivity index (χ4n) is 3.46. The minimum atomic E-state index is -0.263. The third-order valence-corrected chi connectivity index (χ3v) is 5.02. The van der Waals surface area contributed by atoms with E-state index in [4.69, 9.17) is 0 Å². The highest BCUT2D eigenvalue weighted by molar-refractivity contribution is 5.90. The molecule has 3 rings (SSSR count). The second kappa shape index (κ2) is 8.24. The fraction of sp³-hybridized carbons (Fsp3) is 0.450. The highest BCUT2D eigenvalue weighted by Crippen LogP contribution is 2.19. The van der Waals surface area contributed by atoms with Crippen molar-refractivity contribution in [1.29, 1.82) is 0 Å². The predicted octanol–water partition coefficient (Wildman–Crippen LogP) is 1.75. The molecule has 144 valence electrons. The summed E-state index contributed by atoms with van der Waals surface area (Å²) in [6, 6.07) is 7.77. The maximum Gasteiger partial charge on any atom is 0.242 e. The van der Waals surface area contributed by atoms with E-state index in [1.54, 1.807) is 0 Å². The molecule has 1 aromatic heterocycles. The van der Waals surface area contributed by atoms with Crippen LogP contribution >= 0.6 is 0 Å². The number of rotatable bonds is 4. The summed E-state index contributed by atoms with van der Waals surface area (Å²) in [6.07, 6.45) is 3.23. The number of fused-ring (bicyclic) bond motifs is 1. The standard InChI is InChI=1S/C20H26N4O3/c1-13(2)20(27)24-9-7-14(8-10-24)19(26)23-22-18(25)11-15-12-21-17-6-4-3-5-16(15)17/h3-6,12-14,21H,7-11H2,1-2H3,(H,22,25)(H,23,26). The van der Waals surface area contributed by atoms with Crippen LogP contribution in [-0.4, -0.2) is 40.7 Å². The van der Waals surface area contributed by atoms with E-state index in [1.807, 2.05) is 49.2 Å². The van der Waals surface area contributed by atoms with Crippen molar-refractivity contribution >= 4 is 28.6 Å². The van der Waals surface area contributed by atoms with Crippen LogP contribution < -0.4 is 10.9 Å². The molecule has 0 radical (unpaired) electrons. The Bertz CT molecular complexity index is 835. The molecule has 0 unspecified atom stereocenters. The molecular weight excluding hydrogens is 344 g/mol. The number of aromatic amines is 1. The van der Waals surface area contributed by atoms with Gasteiger partial charge < -0.3 is 9.88 Å². The van der Waals surface area contributed by atoms with Crippen LogP contribution in [0.5, 0.6) is 0 Å². The number of H-pyrrole nitrogens is 1. The Morgan fingerprint density at radius 1 is 1.15 bits per heavy atom. The number of nitrogens with zero attached hydrogens (tertiary/aromatic N) is 1. The molecule has 3 amide bonds. The van der Waals surface area contributed by atoms with Gasteiger partial charge in [0.25, 0.3) is 0 Å². The average Bonchev–Trinajstić information content (AvgIpc) is 3.08. The van der Waals surface area contributed by atoms with Crippen molar-refractivity contribution < 1.29 is 14.4 Å². The quantitative estimate of drug-likeness (QED) is 0.716. The zero-order chi connectivity index (χ0) is 19.4. The molecule has 1 aromatic carbocycles. The zero-order valence-corrected chi connectivity index (χ0v) is 15.7. The van der Waals surface area contributed by atoms with Crippen LogP contribution in [0.1, 0.15) is 32.3 Å². The van der Waals surface area contributed by atoms with E-state index >= 15 is 0 Å². The summed E-state index contributed by atoms with van der Waals surface area (Å²) in [5, 5.41) is 1.00. The molecule has 1 aliphatic heterocycles. The second-order valence-electron chi connectivity index (χ2n) is 7.33. The van der Waals surface area contributed by atoms with E-state index in [1.165, 1.54) is 0 Å².